The monoisotopic (exact) mass is 432 g/mol. The van der Waals surface area contributed by atoms with Crippen molar-refractivity contribution < 1.29 is 9.53 Å². The van der Waals surface area contributed by atoms with Crippen molar-refractivity contribution >= 4 is 5.91 Å². The minimum absolute atomic E-state index is 0.0260. The fourth-order valence-corrected chi connectivity index (χ4v) is 4.11. The van der Waals surface area contributed by atoms with Crippen molar-refractivity contribution in [1.82, 2.24) is 19.9 Å². The summed E-state index contributed by atoms with van der Waals surface area (Å²) < 4.78 is 5.98. The number of hydrogen-bond acceptors (Lipinski definition) is 5. The van der Waals surface area contributed by atoms with Gasteiger partial charge < -0.3 is 9.64 Å². The second-order valence-corrected chi connectivity index (χ2v) is 8.04. The highest BCUT2D eigenvalue weighted by molar-refractivity contribution is 6.00. The van der Waals surface area contributed by atoms with Crippen LogP contribution in [-0.4, -0.2) is 45.5 Å². The van der Waals surface area contributed by atoms with Crippen molar-refractivity contribution in [3.8, 4) is 17.3 Å². The normalized spacial score (nSPS) is 12.8. The number of aryl methyl sites for hydroxylation is 1. The quantitative estimate of drug-likeness (QED) is 0.441. The second-order valence-electron chi connectivity index (χ2n) is 8.04. The Kier molecular flexibility index (Phi) is 8.31. The second kappa shape index (κ2) is 11.4. The Balaban J connectivity index is 1.85. The van der Waals surface area contributed by atoms with Crippen LogP contribution >= 0.6 is 0 Å². The molecule has 3 aromatic rings. The van der Waals surface area contributed by atoms with Crippen LogP contribution in [0.1, 0.15) is 49.0 Å². The maximum absolute atomic E-state index is 13.7. The van der Waals surface area contributed by atoms with Gasteiger partial charge in [0.05, 0.1) is 12.2 Å². The van der Waals surface area contributed by atoms with Gasteiger partial charge in [0.1, 0.15) is 0 Å². The molecule has 0 fully saturated rings. The molecule has 0 radical (unpaired) electrons. The van der Waals surface area contributed by atoms with Crippen LogP contribution < -0.4 is 4.74 Å². The lowest BCUT2D eigenvalue weighted by Gasteiger charge is -2.34. The van der Waals surface area contributed by atoms with Crippen molar-refractivity contribution in [2.75, 3.05) is 13.7 Å². The number of rotatable bonds is 10. The highest BCUT2D eigenvalue weighted by Crippen LogP contribution is 2.26. The van der Waals surface area contributed by atoms with Gasteiger partial charge in [-0.2, -0.15) is 0 Å². The first-order valence-electron chi connectivity index (χ1n) is 11.2. The molecule has 2 unspecified atom stereocenters. The minimum atomic E-state index is -0.0260. The zero-order valence-electron chi connectivity index (χ0n) is 19.4. The van der Waals surface area contributed by atoms with E-state index in [0.717, 1.165) is 30.4 Å². The number of benzene rings is 1. The van der Waals surface area contributed by atoms with Gasteiger partial charge >= 0.3 is 0 Å². The van der Waals surface area contributed by atoms with Gasteiger partial charge in [-0.15, -0.1) is 0 Å². The third kappa shape index (κ3) is 5.69. The first-order valence-corrected chi connectivity index (χ1v) is 11.2. The molecule has 2 aromatic heterocycles. The Morgan fingerprint density at radius 3 is 2.44 bits per heavy atom. The third-order valence-corrected chi connectivity index (χ3v) is 5.73. The average Bonchev–Trinajstić information content (AvgIpc) is 2.83. The lowest BCUT2D eigenvalue weighted by atomic mass is 9.91. The molecule has 0 aliphatic heterocycles. The summed E-state index contributed by atoms with van der Waals surface area (Å²) in [6.45, 7) is 6.79. The predicted octanol–water partition coefficient (Wildman–Crippen LogP) is 5.19. The summed E-state index contributed by atoms with van der Waals surface area (Å²) in [5.74, 6) is 1.34. The molecular weight excluding hydrogens is 400 g/mol. The Bertz CT molecular complexity index is 995. The van der Waals surface area contributed by atoms with Gasteiger partial charge in [-0.05, 0) is 38.0 Å². The highest BCUT2D eigenvalue weighted by Gasteiger charge is 2.29. The van der Waals surface area contributed by atoms with E-state index in [9.17, 15) is 4.79 Å². The van der Waals surface area contributed by atoms with Crippen LogP contribution in [0, 0.1) is 12.8 Å². The average molecular weight is 433 g/mol. The van der Waals surface area contributed by atoms with Crippen molar-refractivity contribution in [2.45, 2.75) is 46.1 Å². The van der Waals surface area contributed by atoms with Crippen LogP contribution in [0.5, 0.6) is 5.88 Å². The van der Waals surface area contributed by atoms with Crippen molar-refractivity contribution in [2.24, 2.45) is 5.92 Å². The zero-order valence-corrected chi connectivity index (χ0v) is 19.4. The number of aromatic nitrogens is 3. The van der Waals surface area contributed by atoms with Gasteiger partial charge in [0, 0.05) is 49.2 Å². The number of pyridine rings is 1. The van der Waals surface area contributed by atoms with Crippen LogP contribution in [0.25, 0.3) is 11.4 Å². The molecule has 0 saturated heterocycles. The fourth-order valence-electron chi connectivity index (χ4n) is 4.11. The van der Waals surface area contributed by atoms with Crippen LogP contribution in [0.15, 0.2) is 61.1 Å². The first kappa shape index (κ1) is 23.4. The van der Waals surface area contributed by atoms with E-state index in [2.05, 4.69) is 28.8 Å². The largest absolute Gasteiger partial charge is 0.477 e. The molecule has 0 spiro atoms. The zero-order chi connectivity index (χ0) is 22.9. The minimum Gasteiger partial charge on any atom is -0.477 e. The molecule has 1 amide bonds. The van der Waals surface area contributed by atoms with E-state index in [4.69, 9.17) is 4.74 Å². The smallest absolute Gasteiger partial charge is 0.254 e. The number of carbonyl (C=O) groups is 1. The molecular formula is C26H32N4O2. The summed E-state index contributed by atoms with van der Waals surface area (Å²) >= 11 is 0. The molecule has 3 rings (SSSR count). The standard InChI is InChI=1S/C26H32N4O2/c1-5-10-20(18-32-24-11-7-8-14-27-24)23(6-2)30(4)26(31)22-17-19(3)12-13-21(22)25-28-15-9-16-29-25/h7-9,11-17,20,23H,5-6,10,18H2,1-4H3. The lowest BCUT2D eigenvalue weighted by molar-refractivity contribution is 0.0605. The summed E-state index contributed by atoms with van der Waals surface area (Å²) in [6, 6.07) is 13.3. The molecule has 2 atom stereocenters. The SMILES string of the molecule is CCCC(COc1ccccn1)C(CC)N(C)C(=O)c1cc(C)ccc1-c1ncccn1. The molecule has 6 nitrogen and oxygen atoms in total. The summed E-state index contributed by atoms with van der Waals surface area (Å²) in [4.78, 5) is 28.5. The molecule has 32 heavy (non-hydrogen) atoms. The topological polar surface area (TPSA) is 68.2 Å². The Labute approximate surface area is 190 Å². The van der Waals surface area contributed by atoms with Crippen LogP contribution in [0.4, 0.5) is 0 Å². The van der Waals surface area contributed by atoms with E-state index in [1.807, 2.05) is 55.3 Å². The molecule has 168 valence electrons. The van der Waals surface area contributed by atoms with Crippen LogP contribution in [-0.2, 0) is 0 Å². The van der Waals surface area contributed by atoms with Gasteiger partial charge in [-0.1, -0.05) is 44.0 Å². The molecule has 0 saturated carbocycles. The summed E-state index contributed by atoms with van der Waals surface area (Å²) in [5, 5.41) is 0. The Morgan fingerprint density at radius 1 is 1.03 bits per heavy atom. The summed E-state index contributed by atoms with van der Waals surface area (Å²) in [5.41, 5.74) is 2.40. The fraction of sp³-hybridized carbons (Fsp3) is 0.385. The van der Waals surface area contributed by atoms with Crippen LogP contribution in [0.3, 0.4) is 0 Å². The molecule has 0 aliphatic carbocycles. The van der Waals surface area contributed by atoms with Crippen molar-refractivity contribution in [1.29, 1.82) is 0 Å². The molecule has 0 aliphatic rings. The van der Waals surface area contributed by atoms with E-state index < -0.39 is 0 Å². The number of ether oxygens (including phenoxy) is 1. The summed E-state index contributed by atoms with van der Waals surface area (Å²) in [6.07, 6.45) is 7.93. The van der Waals surface area contributed by atoms with E-state index in [-0.39, 0.29) is 17.9 Å². The van der Waals surface area contributed by atoms with Crippen molar-refractivity contribution in [3.63, 3.8) is 0 Å². The van der Waals surface area contributed by atoms with E-state index in [1.54, 1.807) is 24.7 Å². The van der Waals surface area contributed by atoms with Gasteiger partial charge in [0.2, 0.25) is 5.88 Å². The molecule has 1 aromatic carbocycles. The van der Waals surface area contributed by atoms with Crippen LogP contribution in [0.2, 0.25) is 0 Å². The Morgan fingerprint density at radius 2 is 1.78 bits per heavy atom. The number of amides is 1. The van der Waals surface area contributed by atoms with E-state index in [1.165, 1.54) is 0 Å². The van der Waals surface area contributed by atoms with Crippen molar-refractivity contribution in [3.05, 3.63) is 72.2 Å². The van der Waals surface area contributed by atoms with Gasteiger partial charge in [0.25, 0.3) is 5.91 Å². The number of hydrogen-bond donors (Lipinski definition) is 0. The maximum atomic E-state index is 13.7. The van der Waals surface area contributed by atoms with E-state index in [0.29, 0.717) is 23.9 Å². The molecule has 0 N–H and O–H groups in total. The highest BCUT2D eigenvalue weighted by atomic mass is 16.5. The van der Waals surface area contributed by atoms with Gasteiger partial charge in [-0.3, -0.25) is 4.79 Å². The van der Waals surface area contributed by atoms with Gasteiger partial charge in [-0.25, -0.2) is 15.0 Å². The van der Waals surface area contributed by atoms with E-state index >= 15 is 0 Å². The third-order valence-electron chi connectivity index (χ3n) is 5.73. The lowest BCUT2D eigenvalue weighted by Crippen LogP contribution is -2.43. The molecule has 0 bridgehead atoms. The first-order chi connectivity index (χ1) is 15.5. The molecule has 6 heteroatoms. The number of carbonyl (C=O) groups excluding carboxylic acids is 1. The molecule has 2 heterocycles. The number of nitrogens with zero attached hydrogens (tertiary/aromatic N) is 4. The van der Waals surface area contributed by atoms with Gasteiger partial charge in [0.15, 0.2) is 5.82 Å². The predicted molar refractivity (Wildman–Crippen MR) is 127 cm³/mol. The maximum Gasteiger partial charge on any atom is 0.254 e. The Hall–Kier alpha value is -3.28. The summed E-state index contributed by atoms with van der Waals surface area (Å²) in [7, 11) is 1.89.